The molecule has 0 aliphatic carbocycles. The second kappa shape index (κ2) is 7.78. The molecule has 0 spiro atoms. The van der Waals surface area contributed by atoms with Gasteiger partial charge in [-0.2, -0.15) is 0 Å². The number of rotatable bonds is 4. The molecule has 4 rings (SSSR count). The smallest absolute Gasteiger partial charge is 0.264 e. The van der Waals surface area contributed by atoms with Crippen LogP contribution in [-0.4, -0.2) is 25.3 Å². The number of methoxy groups -OCH3 is 2. The van der Waals surface area contributed by atoms with Crippen molar-refractivity contribution < 1.29 is 14.3 Å². The molecule has 0 radical (unpaired) electrons. The first kappa shape index (κ1) is 18.1. The lowest BCUT2D eigenvalue weighted by Crippen LogP contribution is -2.19. The van der Waals surface area contributed by atoms with Crippen molar-refractivity contribution >= 4 is 45.4 Å². The first-order valence-corrected chi connectivity index (χ1v) is 9.49. The molecule has 0 aromatic heterocycles. The van der Waals surface area contributed by atoms with Crippen LogP contribution in [0.2, 0.25) is 0 Å². The molecule has 1 aliphatic rings. The summed E-state index contributed by atoms with van der Waals surface area (Å²) in [4.78, 5) is 17.5. The normalized spacial score (nSPS) is 16.6. The van der Waals surface area contributed by atoms with Gasteiger partial charge in [-0.1, -0.05) is 30.3 Å². The standard InChI is InChI=1S/C22H18N2O3S/c1-26-16-10-8-15(9-11-16)23-22-24-21(25)20(28-22)13-18-17-6-4-3-5-14(17)7-12-19(18)27-2/h3-13H,1-2H3,(H,23,24,25)/b20-13-. The van der Waals surface area contributed by atoms with Crippen molar-refractivity contribution in [3.63, 3.8) is 0 Å². The van der Waals surface area contributed by atoms with Crippen LogP contribution in [0.5, 0.6) is 11.5 Å². The summed E-state index contributed by atoms with van der Waals surface area (Å²) in [6, 6.07) is 19.3. The molecule has 0 atom stereocenters. The fourth-order valence-electron chi connectivity index (χ4n) is 2.99. The Morgan fingerprint density at radius 3 is 2.50 bits per heavy atom. The zero-order valence-corrected chi connectivity index (χ0v) is 16.2. The lowest BCUT2D eigenvalue weighted by Gasteiger charge is -2.09. The zero-order chi connectivity index (χ0) is 19.5. The monoisotopic (exact) mass is 390 g/mol. The van der Waals surface area contributed by atoms with E-state index in [1.807, 2.05) is 66.7 Å². The number of amidine groups is 1. The summed E-state index contributed by atoms with van der Waals surface area (Å²) in [5.74, 6) is 1.31. The van der Waals surface area contributed by atoms with Gasteiger partial charge in [-0.15, -0.1) is 0 Å². The molecule has 1 saturated heterocycles. The highest BCUT2D eigenvalue weighted by molar-refractivity contribution is 8.18. The molecule has 0 saturated carbocycles. The van der Waals surface area contributed by atoms with Gasteiger partial charge in [0.2, 0.25) is 0 Å². The summed E-state index contributed by atoms with van der Waals surface area (Å²) >= 11 is 1.31. The van der Waals surface area contributed by atoms with Gasteiger partial charge in [0.05, 0.1) is 24.8 Å². The summed E-state index contributed by atoms with van der Waals surface area (Å²) in [5, 5.41) is 5.48. The van der Waals surface area contributed by atoms with Crippen LogP contribution in [0.3, 0.4) is 0 Å². The highest BCUT2D eigenvalue weighted by Crippen LogP contribution is 2.34. The number of aliphatic imine (C=N–C) groups is 1. The quantitative estimate of drug-likeness (QED) is 0.653. The number of hydrogen-bond donors (Lipinski definition) is 1. The molecule has 1 N–H and O–H groups in total. The average molecular weight is 390 g/mol. The van der Waals surface area contributed by atoms with Gasteiger partial charge in [-0.05, 0) is 58.9 Å². The molecular formula is C22H18N2O3S. The third-order valence-corrected chi connectivity index (χ3v) is 5.29. The minimum atomic E-state index is -0.174. The Hall–Kier alpha value is -3.25. The first-order valence-electron chi connectivity index (χ1n) is 8.67. The molecule has 1 amide bonds. The second-order valence-electron chi connectivity index (χ2n) is 6.08. The highest BCUT2D eigenvalue weighted by Gasteiger charge is 2.24. The molecule has 3 aromatic rings. The van der Waals surface area contributed by atoms with Crippen molar-refractivity contribution in [2.24, 2.45) is 4.99 Å². The SMILES string of the molecule is COc1ccc(N=C2NC(=O)/C(=C/c3c(OC)ccc4ccccc34)S2)cc1. The van der Waals surface area contributed by atoms with Gasteiger partial charge in [-0.3, -0.25) is 4.79 Å². The van der Waals surface area contributed by atoms with E-state index in [-0.39, 0.29) is 5.91 Å². The summed E-state index contributed by atoms with van der Waals surface area (Å²) in [6.07, 6.45) is 1.86. The maximum atomic E-state index is 12.5. The van der Waals surface area contributed by atoms with E-state index in [0.29, 0.717) is 10.1 Å². The minimum absolute atomic E-state index is 0.174. The summed E-state index contributed by atoms with van der Waals surface area (Å²) < 4.78 is 10.7. The fraction of sp³-hybridized carbons (Fsp3) is 0.0909. The molecule has 1 heterocycles. The van der Waals surface area contributed by atoms with Gasteiger partial charge in [-0.25, -0.2) is 4.99 Å². The van der Waals surface area contributed by atoms with Gasteiger partial charge in [0, 0.05) is 5.56 Å². The van der Waals surface area contributed by atoms with Crippen LogP contribution >= 0.6 is 11.8 Å². The second-order valence-corrected chi connectivity index (χ2v) is 7.11. The molecule has 1 aliphatic heterocycles. The molecule has 6 heteroatoms. The Balaban J connectivity index is 1.68. The Labute approximate surface area is 167 Å². The molecule has 3 aromatic carbocycles. The van der Waals surface area contributed by atoms with E-state index in [2.05, 4.69) is 10.3 Å². The Bertz CT molecular complexity index is 1100. The van der Waals surface area contributed by atoms with Crippen molar-refractivity contribution in [1.82, 2.24) is 5.32 Å². The van der Waals surface area contributed by atoms with Crippen LogP contribution in [0, 0.1) is 0 Å². The van der Waals surface area contributed by atoms with E-state index in [1.54, 1.807) is 14.2 Å². The van der Waals surface area contributed by atoms with Crippen molar-refractivity contribution in [2.75, 3.05) is 14.2 Å². The van der Waals surface area contributed by atoms with Gasteiger partial charge in [0.1, 0.15) is 11.5 Å². The topological polar surface area (TPSA) is 59.9 Å². The Morgan fingerprint density at radius 1 is 0.964 bits per heavy atom. The third-order valence-electron chi connectivity index (χ3n) is 4.38. The molecule has 0 bridgehead atoms. The van der Waals surface area contributed by atoms with Crippen LogP contribution < -0.4 is 14.8 Å². The molecule has 0 unspecified atom stereocenters. The molecule has 140 valence electrons. The van der Waals surface area contributed by atoms with Gasteiger partial charge >= 0.3 is 0 Å². The number of benzene rings is 3. The number of amides is 1. The summed E-state index contributed by atoms with van der Waals surface area (Å²) in [5.41, 5.74) is 1.62. The van der Waals surface area contributed by atoms with Crippen molar-refractivity contribution in [3.05, 3.63) is 71.1 Å². The van der Waals surface area contributed by atoms with E-state index in [0.717, 1.165) is 33.5 Å². The van der Waals surface area contributed by atoms with Crippen LogP contribution in [-0.2, 0) is 4.79 Å². The first-order chi connectivity index (χ1) is 13.7. The third kappa shape index (κ3) is 3.59. The Kier molecular flexibility index (Phi) is 5.04. The predicted octanol–water partition coefficient (Wildman–Crippen LogP) is 4.75. The lowest BCUT2D eigenvalue weighted by atomic mass is 10.0. The van der Waals surface area contributed by atoms with E-state index in [9.17, 15) is 4.79 Å². The molecule has 5 nitrogen and oxygen atoms in total. The number of thioether (sulfide) groups is 1. The van der Waals surface area contributed by atoms with Crippen molar-refractivity contribution in [3.8, 4) is 11.5 Å². The van der Waals surface area contributed by atoms with Gasteiger partial charge in [0.25, 0.3) is 5.91 Å². The molecule has 28 heavy (non-hydrogen) atoms. The molecule has 1 fully saturated rings. The van der Waals surface area contributed by atoms with E-state index in [1.165, 1.54) is 11.8 Å². The molecular weight excluding hydrogens is 372 g/mol. The number of nitrogens with zero attached hydrogens (tertiary/aromatic N) is 1. The zero-order valence-electron chi connectivity index (χ0n) is 15.4. The van der Waals surface area contributed by atoms with E-state index >= 15 is 0 Å². The summed E-state index contributed by atoms with van der Waals surface area (Å²) in [6.45, 7) is 0. The minimum Gasteiger partial charge on any atom is -0.497 e. The Morgan fingerprint density at radius 2 is 1.75 bits per heavy atom. The number of fused-ring (bicyclic) bond motifs is 1. The number of carbonyl (C=O) groups excluding carboxylic acids is 1. The van der Waals surface area contributed by atoms with Crippen LogP contribution in [0.4, 0.5) is 5.69 Å². The van der Waals surface area contributed by atoms with Crippen LogP contribution in [0.25, 0.3) is 16.8 Å². The number of carbonyl (C=O) groups is 1. The van der Waals surface area contributed by atoms with E-state index in [4.69, 9.17) is 9.47 Å². The van der Waals surface area contributed by atoms with Crippen LogP contribution in [0.15, 0.2) is 70.6 Å². The fourth-order valence-corrected chi connectivity index (χ4v) is 3.81. The van der Waals surface area contributed by atoms with Gasteiger partial charge in [0.15, 0.2) is 5.17 Å². The van der Waals surface area contributed by atoms with Crippen molar-refractivity contribution in [1.29, 1.82) is 0 Å². The largest absolute Gasteiger partial charge is 0.497 e. The number of ether oxygens (including phenoxy) is 2. The highest BCUT2D eigenvalue weighted by atomic mass is 32.2. The average Bonchev–Trinajstić information content (AvgIpc) is 3.07. The van der Waals surface area contributed by atoms with Crippen molar-refractivity contribution in [2.45, 2.75) is 0 Å². The van der Waals surface area contributed by atoms with Crippen LogP contribution in [0.1, 0.15) is 5.56 Å². The predicted molar refractivity (Wildman–Crippen MR) is 114 cm³/mol. The maximum Gasteiger partial charge on any atom is 0.264 e. The number of hydrogen-bond acceptors (Lipinski definition) is 5. The number of nitrogens with one attached hydrogen (secondary N) is 1. The van der Waals surface area contributed by atoms with E-state index < -0.39 is 0 Å². The van der Waals surface area contributed by atoms with Gasteiger partial charge < -0.3 is 14.8 Å². The maximum absolute atomic E-state index is 12.5. The lowest BCUT2D eigenvalue weighted by molar-refractivity contribution is -0.115. The summed E-state index contributed by atoms with van der Waals surface area (Å²) in [7, 11) is 3.25.